The van der Waals surface area contributed by atoms with Gasteiger partial charge in [0, 0.05) is 18.0 Å². The summed E-state index contributed by atoms with van der Waals surface area (Å²) in [6.45, 7) is 4.24. The van der Waals surface area contributed by atoms with Crippen molar-refractivity contribution in [2.45, 2.75) is 26.3 Å². The third kappa shape index (κ3) is 5.07. The van der Waals surface area contributed by atoms with E-state index in [9.17, 15) is 13.2 Å². The summed E-state index contributed by atoms with van der Waals surface area (Å²) < 4.78 is 37.0. The summed E-state index contributed by atoms with van der Waals surface area (Å²) in [6.07, 6.45) is 3.68. The van der Waals surface area contributed by atoms with Crippen LogP contribution < -0.4 is 15.2 Å². The minimum absolute atomic E-state index is 0.227. The molecule has 0 saturated carbocycles. The van der Waals surface area contributed by atoms with Gasteiger partial charge in [0.05, 0.1) is 36.7 Å². The number of aromatic amines is 1. The molecular formula is C25H28N4O5S. The average Bonchev–Trinajstić information content (AvgIpc) is 3.16. The van der Waals surface area contributed by atoms with E-state index >= 15 is 0 Å². The number of fused-ring (bicyclic) bond motifs is 1. The molecule has 0 saturated heterocycles. The number of ether oxygens (including phenoxy) is 2. The zero-order valence-corrected chi connectivity index (χ0v) is 20.9. The molecule has 0 radical (unpaired) electrons. The summed E-state index contributed by atoms with van der Waals surface area (Å²) >= 11 is 0. The van der Waals surface area contributed by atoms with E-state index < -0.39 is 21.6 Å². The second-order valence-electron chi connectivity index (χ2n) is 8.19. The van der Waals surface area contributed by atoms with Crippen molar-refractivity contribution in [2.24, 2.45) is 0 Å². The number of sulfone groups is 1. The highest BCUT2D eigenvalue weighted by atomic mass is 32.2. The van der Waals surface area contributed by atoms with Crippen molar-refractivity contribution < 1.29 is 17.9 Å². The van der Waals surface area contributed by atoms with Crippen LogP contribution >= 0.6 is 0 Å². The van der Waals surface area contributed by atoms with E-state index in [2.05, 4.69) is 27.9 Å². The molecule has 0 bridgehead atoms. The lowest BCUT2D eigenvalue weighted by Crippen LogP contribution is -2.29. The number of hydrogen-bond acceptors (Lipinski definition) is 7. The molecule has 9 nitrogen and oxygen atoms in total. The molecule has 4 aromatic rings. The molecule has 1 unspecified atom stereocenters. The highest BCUT2D eigenvalue weighted by Crippen LogP contribution is 2.30. The number of aromatic nitrogens is 4. The molecule has 0 amide bonds. The molecule has 3 heterocycles. The van der Waals surface area contributed by atoms with Gasteiger partial charge in [0.15, 0.2) is 11.4 Å². The van der Waals surface area contributed by atoms with Gasteiger partial charge in [0.2, 0.25) is 0 Å². The fraction of sp³-hybridized carbons (Fsp3) is 0.320. The van der Waals surface area contributed by atoms with Gasteiger partial charge in [-0.3, -0.25) is 4.57 Å². The second-order valence-corrected chi connectivity index (χ2v) is 10.4. The van der Waals surface area contributed by atoms with Gasteiger partial charge in [-0.25, -0.2) is 23.2 Å². The quantitative estimate of drug-likeness (QED) is 0.378. The fourth-order valence-electron chi connectivity index (χ4n) is 4.16. The first-order valence-corrected chi connectivity index (χ1v) is 13.4. The summed E-state index contributed by atoms with van der Waals surface area (Å²) in [4.78, 5) is 25.0. The zero-order valence-electron chi connectivity index (χ0n) is 20.1. The van der Waals surface area contributed by atoms with Crippen LogP contribution in [-0.4, -0.2) is 53.7 Å². The molecule has 0 aliphatic rings. The van der Waals surface area contributed by atoms with Crippen LogP contribution in [0, 0.1) is 0 Å². The monoisotopic (exact) mass is 496 g/mol. The lowest BCUT2D eigenvalue weighted by molar-refractivity contribution is 0.296. The molecule has 10 heteroatoms. The van der Waals surface area contributed by atoms with Crippen LogP contribution in [0.15, 0.2) is 53.5 Å². The highest BCUT2D eigenvalue weighted by molar-refractivity contribution is 7.90. The van der Waals surface area contributed by atoms with Crippen LogP contribution in [0.2, 0.25) is 0 Å². The van der Waals surface area contributed by atoms with E-state index in [0.29, 0.717) is 29.2 Å². The Morgan fingerprint density at radius 3 is 2.60 bits per heavy atom. The van der Waals surface area contributed by atoms with Gasteiger partial charge in [-0.1, -0.05) is 31.2 Å². The van der Waals surface area contributed by atoms with Crippen LogP contribution in [0.4, 0.5) is 0 Å². The minimum Gasteiger partial charge on any atom is -0.491 e. The van der Waals surface area contributed by atoms with Crippen LogP contribution in [0.1, 0.15) is 31.1 Å². The number of methoxy groups -OCH3 is 1. The Labute approximate surface area is 203 Å². The predicted molar refractivity (Wildman–Crippen MR) is 135 cm³/mol. The van der Waals surface area contributed by atoms with Crippen molar-refractivity contribution >= 4 is 21.0 Å². The molecule has 4 rings (SSSR count). The van der Waals surface area contributed by atoms with Crippen molar-refractivity contribution in [2.75, 3.05) is 25.7 Å². The van der Waals surface area contributed by atoms with Crippen LogP contribution in [0.5, 0.6) is 11.6 Å². The molecule has 0 spiro atoms. The van der Waals surface area contributed by atoms with Crippen molar-refractivity contribution in [3.63, 3.8) is 0 Å². The van der Waals surface area contributed by atoms with Crippen molar-refractivity contribution in [3.05, 3.63) is 70.4 Å². The number of nitrogens with one attached hydrogen (secondary N) is 1. The van der Waals surface area contributed by atoms with Gasteiger partial charge in [-0.2, -0.15) is 0 Å². The average molecular weight is 497 g/mol. The molecule has 1 N–H and O–H groups in total. The van der Waals surface area contributed by atoms with E-state index in [1.165, 1.54) is 11.7 Å². The number of benzene rings is 1. The number of hydrogen-bond donors (Lipinski definition) is 1. The van der Waals surface area contributed by atoms with Gasteiger partial charge in [0.1, 0.15) is 9.84 Å². The molecule has 0 aliphatic carbocycles. The maximum Gasteiger partial charge on any atom is 0.328 e. The van der Waals surface area contributed by atoms with E-state index in [1.54, 1.807) is 18.3 Å². The van der Waals surface area contributed by atoms with Crippen molar-refractivity contribution in [3.8, 4) is 22.8 Å². The lowest BCUT2D eigenvalue weighted by atomic mass is 9.99. The van der Waals surface area contributed by atoms with E-state index in [1.807, 2.05) is 31.2 Å². The summed E-state index contributed by atoms with van der Waals surface area (Å²) in [5, 5.41) is 0. The number of H-pyrrole nitrogens is 1. The predicted octanol–water partition coefficient (Wildman–Crippen LogP) is 3.39. The smallest absolute Gasteiger partial charge is 0.328 e. The first-order chi connectivity index (χ1) is 16.8. The Bertz CT molecular complexity index is 1520. The van der Waals surface area contributed by atoms with Crippen molar-refractivity contribution in [1.29, 1.82) is 0 Å². The molecule has 3 aromatic heterocycles. The first-order valence-electron chi connectivity index (χ1n) is 11.3. The lowest BCUT2D eigenvalue weighted by Gasteiger charge is -2.19. The third-order valence-corrected chi connectivity index (χ3v) is 6.65. The van der Waals surface area contributed by atoms with Crippen LogP contribution in [0.25, 0.3) is 22.3 Å². The Balaban J connectivity index is 1.88. The summed E-state index contributed by atoms with van der Waals surface area (Å²) in [6, 6.07) is 12.2. The summed E-state index contributed by atoms with van der Waals surface area (Å²) in [5.74, 6) is 0.301. The molecule has 1 aromatic carbocycles. The summed E-state index contributed by atoms with van der Waals surface area (Å²) in [7, 11) is -2.00. The molecule has 35 heavy (non-hydrogen) atoms. The van der Waals surface area contributed by atoms with E-state index in [0.717, 1.165) is 29.4 Å². The fourth-order valence-corrected chi connectivity index (χ4v) is 5.06. The van der Waals surface area contributed by atoms with Crippen LogP contribution in [-0.2, 0) is 16.3 Å². The van der Waals surface area contributed by atoms with Crippen LogP contribution in [0.3, 0.4) is 0 Å². The van der Waals surface area contributed by atoms with E-state index in [-0.39, 0.29) is 11.6 Å². The Kier molecular flexibility index (Phi) is 6.93. The molecule has 0 fully saturated rings. The highest BCUT2D eigenvalue weighted by Gasteiger charge is 2.27. The van der Waals surface area contributed by atoms with Gasteiger partial charge in [-0.15, -0.1) is 0 Å². The van der Waals surface area contributed by atoms with Gasteiger partial charge in [0.25, 0.3) is 5.88 Å². The number of pyridine rings is 2. The maximum absolute atomic E-state index is 13.1. The zero-order chi connectivity index (χ0) is 25.2. The normalized spacial score (nSPS) is 12.6. The molecule has 0 aliphatic heterocycles. The maximum atomic E-state index is 13.1. The van der Waals surface area contributed by atoms with Crippen molar-refractivity contribution in [1.82, 2.24) is 19.5 Å². The van der Waals surface area contributed by atoms with Gasteiger partial charge >= 0.3 is 5.69 Å². The number of rotatable bonds is 9. The minimum atomic E-state index is -3.50. The summed E-state index contributed by atoms with van der Waals surface area (Å²) in [5.41, 5.74) is 3.79. The van der Waals surface area contributed by atoms with E-state index in [4.69, 9.17) is 9.47 Å². The number of imidazole rings is 1. The Morgan fingerprint density at radius 1 is 1.14 bits per heavy atom. The SMILES string of the molecule is CCOc1nc(C(CS(C)(=O)=O)n2c(=O)[nH]c3cc(-c4ccccc4CC)cnc32)ccc1OC. The number of aryl methyl sites for hydroxylation is 1. The Morgan fingerprint density at radius 2 is 1.91 bits per heavy atom. The van der Waals surface area contributed by atoms with Gasteiger partial charge in [-0.05, 0) is 42.7 Å². The molecular weight excluding hydrogens is 468 g/mol. The second kappa shape index (κ2) is 9.91. The molecule has 184 valence electrons. The number of nitrogens with zero attached hydrogens (tertiary/aromatic N) is 3. The first kappa shape index (κ1) is 24.5. The topological polar surface area (TPSA) is 116 Å². The largest absolute Gasteiger partial charge is 0.491 e. The standard InChI is InChI=1S/C25H28N4O5S/c1-5-16-9-7-8-10-18(16)17-13-20-23(26-14-17)29(25(30)28-20)21(15-35(4,31)32)19-11-12-22(33-3)24(27-19)34-6-2/h7-14,21H,5-6,15H2,1-4H3,(H,28,30). The third-order valence-electron chi connectivity index (χ3n) is 5.73. The molecule has 1 atom stereocenters. The van der Waals surface area contributed by atoms with Gasteiger partial charge < -0.3 is 14.5 Å². The Hall–Kier alpha value is -3.66.